The van der Waals surface area contributed by atoms with Crippen molar-refractivity contribution in [2.45, 2.75) is 5.92 Å². The van der Waals surface area contributed by atoms with E-state index in [0.717, 1.165) is 5.56 Å². The van der Waals surface area contributed by atoms with E-state index in [4.69, 9.17) is 34.8 Å². The van der Waals surface area contributed by atoms with E-state index < -0.39 is 11.8 Å². The first-order valence-electron chi connectivity index (χ1n) is 7.87. The summed E-state index contributed by atoms with van der Waals surface area (Å²) in [5.74, 6) is -1.02. The molecule has 2 aromatic carbocycles. The van der Waals surface area contributed by atoms with Crippen molar-refractivity contribution in [3.05, 3.63) is 92.7 Å². The number of nitrogens with zero attached hydrogens (tertiary/aromatic N) is 2. The van der Waals surface area contributed by atoms with Crippen LogP contribution in [0.2, 0.25) is 15.2 Å². The van der Waals surface area contributed by atoms with Gasteiger partial charge in [-0.25, -0.2) is 4.98 Å². The number of anilines is 1. The molecule has 1 amide bonds. The normalized spacial score (nSPS) is 11.5. The first-order chi connectivity index (χ1) is 13.0. The summed E-state index contributed by atoms with van der Waals surface area (Å²) in [6.45, 7) is 0. The molecule has 0 aliphatic rings. The predicted molar refractivity (Wildman–Crippen MR) is 108 cm³/mol. The average molecular weight is 417 g/mol. The Hall–Kier alpha value is -2.58. The fraction of sp³-hybridized carbons (Fsp3) is 0.0500. The third-order valence-corrected chi connectivity index (χ3v) is 4.70. The van der Waals surface area contributed by atoms with Crippen LogP contribution in [0.15, 0.2) is 60.7 Å². The van der Waals surface area contributed by atoms with Gasteiger partial charge in [-0.3, -0.25) is 4.79 Å². The van der Waals surface area contributed by atoms with Gasteiger partial charge in [0.25, 0.3) is 5.91 Å². The molecule has 0 bridgehead atoms. The fourth-order valence-electron chi connectivity index (χ4n) is 2.58. The van der Waals surface area contributed by atoms with Crippen LogP contribution in [-0.4, -0.2) is 10.9 Å². The van der Waals surface area contributed by atoms with Gasteiger partial charge >= 0.3 is 0 Å². The molecule has 3 aromatic rings. The van der Waals surface area contributed by atoms with Crippen LogP contribution in [0.3, 0.4) is 0 Å². The van der Waals surface area contributed by atoms with E-state index in [1.807, 2.05) is 30.3 Å². The molecular formula is C20H12Cl3N3O. The Labute approximate surface area is 171 Å². The topological polar surface area (TPSA) is 65.8 Å². The summed E-state index contributed by atoms with van der Waals surface area (Å²) in [4.78, 5) is 16.3. The molecule has 1 heterocycles. The average Bonchev–Trinajstić information content (AvgIpc) is 2.66. The number of halogens is 3. The molecule has 3 rings (SSSR count). The van der Waals surface area contributed by atoms with Crippen molar-refractivity contribution in [1.82, 2.24) is 4.98 Å². The first-order valence-corrected chi connectivity index (χ1v) is 9.00. The van der Waals surface area contributed by atoms with Crippen LogP contribution in [0.25, 0.3) is 0 Å². The summed E-state index contributed by atoms with van der Waals surface area (Å²) < 4.78 is 0. The molecule has 0 saturated heterocycles. The van der Waals surface area contributed by atoms with Crippen LogP contribution in [0.4, 0.5) is 5.69 Å². The van der Waals surface area contributed by atoms with Gasteiger partial charge in [-0.2, -0.15) is 5.26 Å². The highest BCUT2D eigenvalue weighted by molar-refractivity contribution is 6.35. The zero-order valence-electron chi connectivity index (χ0n) is 13.8. The highest BCUT2D eigenvalue weighted by atomic mass is 35.5. The minimum absolute atomic E-state index is 0.0172. The molecule has 0 aliphatic carbocycles. The third kappa shape index (κ3) is 4.40. The van der Waals surface area contributed by atoms with Crippen LogP contribution in [0, 0.1) is 11.3 Å². The highest BCUT2D eigenvalue weighted by Crippen LogP contribution is 2.32. The van der Waals surface area contributed by atoms with Gasteiger partial charge < -0.3 is 5.32 Å². The third-order valence-electron chi connectivity index (χ3n) is 3.86. The predicted octanol–water partition coefficient (Wildman–Crippen LogP) is 5.95. The van der Waals surface area contributed by atoms with E-state index in [1.165, 1.54) is 12.1 Å². The van der Waals surface area contributed by atoms with Crippen LogP contribution in [0.5, 0.6) is 0 Å². The van der Waals surface area contributed by atoms with E-state index in [2.05, 4.69) is 16.4 Å². The molecule has 0 radical (unpaired) electrons. The van der Waals surface area contributed by atoms with Crippen molar-refractivity contribution in [3.8, 4) is 6.07 Å². The Morgan fingerprint density at radius 2 is 1.74 bits per heavy atom. The lowest BCUT2D eigenvalue weighted by Gasteiger charge is -2.13. The summed E-state index contributed by atoms with van der Waals surface area (Å²) in [5.41, 5.74) is 1.97. The maximum Gasteiger partial charge on any atom is 0.275 e. The number of carbonyl (C=O) groups excluding carboxylic acids is 1. The number of rotatable bonds is 4. The number of carbonyl (C=O) groups is 1. The summed E-state index contributed by atoms with van der Waals surface area (Å²) in [5, 5.41) is 13.0. The number of nitriles is 1. The molecule has 27 heavy (non-hydrogen) atoms. The van der Waals surface area contributed by atoms with E-state index in [-0.39, 0.29) is 15.9 Å². The Kier molecular flexibility index (Phi) is 5.98. The van der Waals surface area contributed by atoms with Gasteiger partial charge in [0.15, 0.2) is 0 Å². The fourth-order valence-corrected chi connectivity index (χ4v) is 3.20. The standard InChI is InChI=1S/C20H12Cl3N3O/c21-16-8-9-18(23)26-19(16)20(27)25-13-6-7-14(17(22)10-13)15(11-24)12-4-2-1-3-5-12/h1-10,15H,(H,25,27). The van der Waals surface area contributed by atoms with Crippen LogP contribution >= 0.6 is 34.8 Å². The van der Waals surface area contributed by atoms with Crippen molar-refractivity contribution in [2.75, 3.05) is 5.32 Å². The van der Waals surface area contributed by atoms with Gasteiger partial charge in [0.2, 0.25) is 0 Å². The zero-order valence-corrected chi connectivity index (χ0v) is 16.1. The van der Waals surface area contributed by atoms with Gasteiger partial charge in [-0.15, -0.1) is 0 Å². The molecule has 134 valence electrons. The molecule has 1 aromatic heterocycles. The van der Waals surface area contributed by atoms with Crippen molar-refractivity contribution in [1.29, 1.82) is 5.26 Å². The van der Waals surface area contributed by atoms with Crippen molar-refractivity contribution >= 4 is 46.4 Å². The van der Waals surface area contributed by atoms with Gasteiger partial charge in [-0.1, -0.05) is 71.2 Å². The molecule has 1 N–H and O–H groups in total. The maximum atomic E-state index is 12.4. The largest absolute Gasteiger partial charge is 0.321 e. The van der Waals surface area contributed by atoms with E-state index in [9.17, 15) is 10.1 Å². The lowest BCUT2D eigenvalue weighted by atomic mass is 9.92. The number of benzene rings is 2. The Morgan fingerprint density at radius 3 is 2.41 bits per heavy atom. The van der Waals surface area contributed by atoms with Gasteiger partial charge in [0.1, 0.15) is 10.8 Å². The summed E-state index contributed by atoms with van der Waals surface area (Å²) in [7, 11) is 0. The summed E-state index contributed by atoms with van der Waals surface area (Å²) in [6.07, 6.45) is 0. The van der Waals surface area contributed by atoms with Gasteiger partial charge in [0, 0.05) is 10.7 Å². The molecule has 4 nitrogen and oxygen atoms in total. The highest BCUT2D eigenvalue weighted by Gasteiger charge is 2.18. The second-order valence-electron chi connectivity index (χ2n) is 5.63. The van der Waals surface area contributed by atoms with Crippen LogP contribution in [-0.2, 0) is 0 Å². The molecule has 1 atom stereocenters. The molecule has 1 unspecified atom stereocenters. The SMILES string of the molecule is N#CC(c1ccccc1)c1ccc(NC(=O)c2nc(Cl)ccc2Cl)cc1Cl. The van der Waals surface area contributed by atoms with Gasteiger partial charge in [-0.05, 0) is 35.4 Å². The van der Waals surface area contributed by atoms with Gasteiger partial charge in [0.05, 0.1) is 17.0 Å². The minimum atomic E-state index is -0.508. The van der Waals surface area contributed by atoms with Crippen molar-refractivity contribution < 1.29 is 4.79 Å². The lowest BCUT2D eigenvalue weighted by Crippen LogP contribution is -2.14. The van der Waals surface area contributed by atoms with Crippen LogP contribution in [0.1, 0.15) is 27.5 Å². The number of nitrogens with one attached hydrogen (secondary N) is 1. The smallest absolute Gasteiger partial charge is 0.275 e. The summed E-state index contributed by atoms with van der Waals surface area (Å²) in [6, 6.07) is 19.6. The number of aromatic nitrogens is 1. The molecule has 7 heteroatoms. The van der Waals surface area contributed by atoms with Crippen LogP contribution < -0.4 is 5.32 Å². The maximum absolute atomic E-state index is 12.4. The van der Waals surface area contributed by atoms with Crippen molar-refractivity contribution in [2.24, 2.45) is 0 Å². The number of hydrogen-bond donors (Lipinski definition) is 1. The molecule has 0 saturated carbocycles. The second kappa shape index (κ2) is 8.41. The Balaban J connectivity index is 1.86. The van der Waals surface area contributed by atoms with E-state index in [1.54, 1.807) is 18.2 Å². The van der Waals surface area contributed by atoms with E-state index >= 15 is 0 Å². The monoisotopic (exact) mass is 415 g/mol. The number of pyridine rings is 1. The lowest BCUT2D eigenvalue weighted by molar-refractivity contribution is 0.102. The summed E-state index contributed by atoms with van der Waals surface area (Å²) >= 11 is 18.2. The van der Waals surface area contributed by atoms with E-state index in [0.29, 0.717) is 16.3 Å². The molecular weight excluding hydrogens is 405 g/mol. The number of hydrogen-bond acceptors (Lipinski definition) is 3. The second-order valence-corrected chi connectivity index (χ2v) is 6.83. The minimum Gasteiger partial charge on any atom is -0.321 e. The molecule has 0 aliphatic heterocycles. The number of amides is 1. The molecule has 0 spiro atoms. The van der Waals surface area contributed by atoms with Crippen molar-refractivity contribution in [3.63, 3.8) is 0 Å². The zero-order chi connectivity index (χ0) is 19.4. The quantitative estimate of drug-likeness (QED) is 0.534. The Morgan fingerprint density at radius 1 is 1.00 bits per heavy atom. The first kappa shape index (κ1) is 19.2. The Bertz CT molecular complexity index is 1030. The molecule has 0 fully saturated rings.